The van der Waals surface area contributed by atoms with Crippen LogP contribution in [0.5, 0.6) is 0 Å². The first kappa shape index (κ1) is 10.3. The van der Waals surface area contributed by atoms with Crippen LogP contribution in [-0.4, -0.2) is 22.6 Å². The van der Waals surface area contributed by atoms with Crippen molar-refractivity contribution in [2.24, 2.45) is 0 Å². The smallest absolute Gasteiger partial charge is 0.127 e. The van der Waals surface area contributed by atoms with E-state index in [9.17, 15) is 4.21 Å². The molecule has 1 atom stereocenters. The highest BCUT2D eigenvalue weighted by Gasteiger charge is 2.06. The Morgan fingerprint density at radius 1 is 1.00 bits per heavy atom. The maximum Gasteiger partial charge on any atom is 0.127 e. The summed E-state index contributed by atoms with van der Waals surface area (Å²) in [6, 6.07) is 14.0. The summed E-state index contributed by atoms with van der Waals surface area (Å²) in [5.41, 5.74) is 0. The lowest BCUT2D eigenvalue weighted by molar-refractivity contribution is 0.603. The van der Waals surface area contributed by atoms with Crippen molar-refractivity contribution >= 4 is 21.8 Å². The maximum absolute atomic E-state index is 11.8. The largest absolute Gasteiger partial charge is 0.237 e. The van der Waals surface area contributed by atoms with E-state index >= 15 is 0 Å². The highest BCUT2D eigenvalue weighted by Crippen LogP contribution is 2.18. The summed E-state index contributed by atoms with van der Waals surface area (Å²) < 4.78 is 13.5. The molecule has 1 unspecified atom stereocenters. The average molecular weight is 219 g/mol. The predicted octanol–water partition coefficient (Wildman–Crippen LogP) is 2.42. The van der Waals surface area contributed by atoms with Crippen LogP contribution >= 0.6 is 0 Å². The van der Waals surface area contributed by atoms with Crippen molar-refractivity contribution in [2.45, 2.75) is 4.90 Å². The quantitative estimate of drug-likeness (QED) is 0.759. The molecule has 0 aromatic heterocycles. The van der Waals surface area contributed by atoms with Crippen LogP contribution in [-0.2, 0) is 11.0 Å². The zero-order valence-electron chi connectivity index (χ0n) is 8.81. The van der Waals surface area contributed by atoms with Crippen LogP contribution in [0, 0.1) is 0 Å². The minimum atomic E-state index is -1.06. The summed E-state index contributed by atoms with van der Waals surface area (Å²) >= 11 is 0. The number of hydrogen-bond donors (Lipinski definition) is 0. The molecule has 2 rings (SSSR count). The molecule has 0 aliphatic heterocycles. The molecule has 0 radical (unpaired) electrons. The second kappa shape index (κ2) is 4.13. The van der Waals surface area contributed by atoms with Crippen LogP contribution in [0.2, 0.25) is 0 Å². The first-order valence-electron chi connectivity index (χ1n) is 4.76. The van der Waals surface area contributed by atoms with E-state index in [-0.39, 0.29) is 0 Å². The predicted molar refractivity (Wildman–Crippen MR) is 64.0 cm³/mol. The first-order valence-corrected chi connectivity index (χ1v) is 5.87. The van der Waals surface area contributed by atoms with Gasteiger partial charge in [-0.3, -0.25) is 0 Å². The Labute approximate surface area is 92.1 Å². The van der Waals surface area contributed by atoms with E-state index in [4.69, 9.17) is 0 Å². The molecular formula is C12H13NOS. The number of nitrogens with zero attached hydrogens (tertiary/aromatic N) is 1. The Morgan fingerprint density at radius 3 is 2.33 bits per heavy atom. The van der Waals surface area contributed by atoms with Crippen LogP contribution < -0.4 is 0 Å². The summed E-state index contributed by atoms with van der Waals surface area (Å²) in [7, 11) is 2.56. The molecule has 0 aliphatic carbocycles. The van der Waals surface area contributed by atoms with Crippen LogP contribution in [0.1, 0.15) is 0 Å². The van der Waals surface area contributed by atoms with Gasteiger partial charge in [0.15, 0.2) is 0 Å². The average Bonchev–Trinajstić information content (AvgIpc) is 2.27. The van der Waals surface area contributed by atoms with Gasteiger partial charge in [0.1, 0.15) is 11.0 Å². The molecule has 0 bridgehead atoms. The molecule has 2 aromatic rings. The summed E-state index contributed by atoms with van der Waals surface area (Å²) in [5.74, 6) is 0. The summed E-state index contributed by atoms with van der Waals surface area (Å²) in [6.45, 7) is 0. The van der Waals surface area contributed by atoms with E-state index < -0.39 is 11.0 Å². The molecule has 78 valence electrons. The van der Waals surface area contributed by atoms with E-state index in [0.29, 0.717) is 0 Å². The molecule has 2 nitrogen and oxygen atoms in total. The van der Waals surface area contributed by atoms with Gasteiger partial charge in [0.2, 0.25) is 0 Å². The number of rotatable bonds is 2. The van der Waals surface area contributed by atoms with Crippen molar-refractivity contribution in [1.82, 2.24) is 4.31 Å². The Balaban J connectivity index is 2.52. The standard InChI is InChI=1S/C12H13NOS/c1-13(2)15(14)12-8-7-10-5-3-4-6-11(10)9-12/h3-9H,1-2H3. The minimum absolute atomic E-state index is 0.846. The molecule has 0 saturated carbocycles. The fourth-order valence-corrected chi connectivity index (χ4v) is 2.32. The Hall–Kier alpha value is -1.19. The van der Waals surface area contributed by atoms with Crippen molar-refractivity contribution in [3.05, 3.63) is 42.5 Å². The molecule has 0 spiro atoms. The van der Waals surface area contributed by atoms with Crippen LogP contribution in [0.15, 0.2) is 47.4 Å². The summed E-state index contributed by atoms with van der Waals surface area (Å²) in [6.07, 6.45) is 0. The topological polar surface area (TPSA) is 20.3 Å². The van der Waals surface area contributed by atoms with Crippen molar-refractivity contribution < 1.29 is 4.21 Å². The zero-order chi connectivity index (χ0) is 10.8. The monoisotopic (exact) mass is 219 g/mol. The minimum Gasteiger partial charge on any atom is -0.237 e. The summed E-state index contributed by atoms with van der Waals surface area (Å²) in [5, 5.41) is 2.31. The SMILES string of the molecule is CN(C)S(=O)c1ccc2ccccc2c1. The maximum atomic E-state index is 11.8. The number of hydrogen-bond acceptors (Lipinski definition) is 1. The lowest BCUT2D eigenvalue weighted by Gasteiger charge is -2.09. The van der Waals surface area contributed by atoms with Gasteiger partial charge in [-0.2, -0.15) is 0 Å². The third-order valence-electron chi connectivity index (χ3n) is 2.25. The molecule has 0 aliphatic rings. The van der Waals surface area contributed by atoms with E-state index in [0.717, 1.165) is 10.3 Å². The van der Waals surface area contributed by atoms with Gasteiger partial charge in [-0.05, 0) is 37.0 Å². The van der Waals surface area contributed by atoms with Gasteiger partial charge < -0.3 is 0 Å². The molecule has 15 heavy (non-hydrogen) atoms. The number of fused-ring (bicyclic) bond motifs is 1. The zero-order valence-corrected chi connectivity index (χ0v) is 9.62. The normalized spacial score (nSPS) is 13.3. The molecule has 3 heteroatoms. The second-order valence-corrected chi connectivity index (χ2v) is 5.27. The highest BCUT2D eigenvalue weighted by molar-refractivity contribution is 7.82. The van der Waals surface area contributed by atoms with Crippen LogP contribution in [0.4, 0.5) is 0 Å². The molecule has 0 N–H and O–H groups in total. The van der Waals surface area contributed by atoms with Gasteiger partial charge in [-0.25, -0.2) is 8.51 Å². The molecule has 0 fully saturated rings. The lowest BCUT2D eigenvalue weighted by Crippen LogP contribution is -2.15. The van der Waals surface area contributed by atoms with Gasteiger partial charge in [0, 0.05) is 0 Å². The third kappa shape index (κ3) is 2.08. The fraction of sp³-hybridized carbons (Fsp3) is 0.167. The van der Waals surface area contributed by atoms with Gasteiger partial charge in [-0.15, -0.1) is 0 Å². The first-order chi connectivity index (χ1) is 7.18. The van der Waals surface area contributed by atoms with Crippen molar-refractivity contribution in [3.8, 4) is 0 Å². The van der Waals surface area contributed by atoms with Gasteiger partial charge in [-0.1, -0.05) is 30.3 Å². The van der Waals surface area contributed by atoms with Crippen LogP contribution in [0.25, 0.3) is 10.8 Å². The van der Waals surface area contributed by atoms with E-state index in [1.165, 1.54) is 5.39 Å². The Bertz CT molecular complexity index is 508. The van der Waals surface area contributed by atoms with Gasteiger partial charge in [0.25, 0.3) is 0 Å². The molecular weight excluding hydrogens is 206 g/mol. The van der Waals surface area contributed by atoms with Gasteiger partial charge in [0.05, 0.1) is 4.90 Å². The number of benzene rings is 2. The Kier molecular flexibility index (Phi) is 2.84. The molecule has 0 saturated heterocycles. The molecule has 0 amide bonds. The molecule has 2 aromatic carbocycles. The van der Waals surface area contributed by atoms with Crippen molar-refractivity contribution in [3.63, 3.8) is 0 Å². The summed E-state index contributed by atoms with van der Waals surface area (Å²) in [4.78, 5) is 0.846. The van der Waals surface area contributed by atoms with Crippen molar-refractivity contribution in [1.29, 1.82) is 0 Å². The van der Waals surface area contributed by atoms with E-state index in [1.54, 1.807) is 4.31 Å². The van der Waals surface area contributed by atoms with Crippen molar-refractivity contribution in [2.75, 3.05) is 14.1 Å². The lowest BCUT2D eigenvalue weighted by atomic mass is 10.1. The van der Waals surface area contributed by atoms with E-state index in [1.807, 2.05) is 50.5 Å². The fourth-order valence-electron chi connectivity index (χ4n) is 1.49. The third-order valence-corrected chi connectivity index (χ3v) is 3.57. The highest BCUT2D eigenvalue weighted by atomic mass is 32.2. The second-order valence-electron chi connectivity index (χ2n) is 3.57. The van der Waals surface area contributed by atoms with Gasteiger partial charge >= 0.3 is 0 Å². The van der Waals surface area contributed by atoms with E-state index in [2.05, 4.69) is 6.07 Å². The Morgan fingerprint density at radius 2 is 1.67 bits per heavy atom. The van der Waals surface area contributed by atoms with Crippen LogP contribution in [0.3, 0.4) is 0 Å². The molecule has 0 heterocycles.